The second-order valence-corrected chi connectivity index (χ2v) is 6.54. The van der Waals surface area contributed by atoms with Crippen molar-refractivity contribution in [2.45, 2.75) is 25.9 Å². The highest BCUT2D eigenvalue weighted by Gasteiger charge is 2.17. The molecular formula is C22H21N3O3. The molecule has 0 bridgehead atoms. The normalized spacial score (nSPS) is 10.9. The van der Waals surface area contributed by atoms with Gasteiger partial charge in [-0.2, -0.15) is 5.10 Å². The highest BCUT2D eigenvalue weighted by Crippen LogP contribution is 2.15. The standard InChI is InChI=1S/C22H21N3O3/c26-22(11-10-18-14-23-25(15-18)19-6-2-1-3-7-19)24(16-20-8-4-12-27-20)17-21-9-5-13-28-21/h1-9,12-15H,10-11,16-17H2. The molecular weight excluding hydrogens is 354 g/mol. The number of amides is 1. The first kappa shape index (κ1) is 17.9. The van der Waals surface area contributed by atoms with E-state index in [9.17, 15) is 4.79 Å². The van der Waals surface area contributed by atoms with Crippen molar-refractivity contribution in [3.8, 4) is 5.69 Å². The molecule has 3 aromatic heterocycles. The van der Waals surface area contributed by atoms with Gasteiger partial charge >= 0.3 is 0 Å². The molecule has 4 aromatic rings. The van der Waals surface area contributed by atoms with Gasteiger partial charge in [-0.1, -0.05) is 18.2 Å². The van der Waals surface area contributed by atoms with Crippen LogP contribution in [-0.4, -0.2) is 20.6 Å². The number of carbonyl (C=O) groups excluding carboxylic acids is 1. The Hall–Kier alpha value is -3.54. The topological polar surface area (TPSA) is 64.4 Å². The molecule has 0 N–H and O–H groups in total. The van der Waals surface area contributed by atoms with Crippen molar-refractivity contribution in [1.29, 1.82) is 0 Å². The predicted molar refractivity (Wildman–Crippen MR) is 104 cm³/mol. The van der Waals surface area contributed by atoms with Crippen molar-refractivity contribution < 1.29 is 13.6 Å². The third kappa shape index (κ3) is 4.40. The lowest BCUT2D eigenvalue weighted by Crippen LogP contribution is -2.30. The van der Waals surface area contributed by atoms with Crippen LogP contribution < -0.4 is 0 Å². The van der Waals surface area contributed by atoms with E-state index in [2.05, 4.69) is 5.10 Å². The third-order valence-electron chi connectivity index (χ3n) is 4.49. The second kappa shape index (κ2) is 8.43. The van der Waals surface area contributed by atoms with Gasteiger partial charge in [0.15, 0.2) is 0 Å². The van der Waals surface area contributed by atoms with Crippen LogP contribution in [0.25, 0.3) is 5.69 Å². The highest BCUT2D eigenvalue weighted by atomic mass is 16.3. The Morgan fingerprint density at radius 1 is 0.929 bits per heavy atom. The van der Waals surface area contributed by atoms with Crippen LogP contribution in [0, 0.1) is 0 Å². The molecule has 0 radical (unpaired) electrons. The minimum absolute atomic E-state index is 0.0419. The van der Waals surface area contributed by atoms with Gasteiger partial charge < -0.3 is 13.7 Å². The summed E-state index contributed by atoms with van der Waals surface area (Å²) >= 11 is 0. The zero-order valence-electron chi connectivity index (χ0n) is 15.4. The van der Waals surface area contributed by atoms with E-state index < -0.39 is 0 Å². The molecule has 0 saturated carbocycles. The number of benzene rings is 1. The van der Waals surface area contributed by atoms with Crippen LogP contribution in [0.15, 0.2) is 88.4 Å². The van der Waals surface area contributed by atoms with Gasteiger partial charge in [-0.3, -0.25) is 4.79 Å². The lowest BCUT2D eigenvalue weighted by molar-refractivity contribution is -0.133. The van der Waals surface area contributed by atoms with Crippen molar-refractivity contribution >= 4 is 5.91 Å². The highest BCUT2D eigenvalue weighted by molar-refractivity contribution is 5.76. The Bertz CT molecular complexity index is 953. The molecule has 6 nitrogen and oxygen atoms in total. The number of hydrogen-bond donors (Lipinski definition) is 0. The molecule has 0 fully saturated rings. The van der Waals surface area contributed by atoms with Crippen LogP contribution in [0.1, 0.15) is 23.5 Å². The van der Waals surface area contributed by atoms with Crippen molar-refractivity contribution in [3.05, 3.63) is 96.6 Å². The fourth-order valence-electron chi connectivity index (χ4n) is 3.03. The first-order valence-corrected chi connectivity index (χ1v) is 9.19. The molecule has 0 aliphatic carbocycles. The van der Waals surface area contributed by atoms with Gasteiger partial charge in [0.1, 0.15) is 11.5 Å². The second-order valence-electron chi connectivity index (χ2n) is 6.54. The average Bonchev–Trinajstić information content (AvgIpc) is 3.49. The Balaban J connectivity index is 1.40. The summed E-state index contributed by atoms with van der Waals surface area (Å²) in [6, 6.07) is 17.3. The molecule has 0 unspecified atom stereocenters. The van der Waals surface area contributed by atoms with Crippen LogP contribution >= 0.6 is 0 Å². The first-order chi connectivity index (χ1) is 13.8. The molecule has 28 heavy (non-hydrogen) atoms. The van der Waals surface area contributed by atoms with Crippen LogP contribution in [0.4, 0.5) is 0 Å². The van der Waals surface area contributed by atoms with Gasteiger partial charge in [0.25, 0.3) is 0 Å². The number of aryl methyl sites for hydroxylation is 1. The van der Waals surface area contributed by atoms with E-state index in [4.69, 9.17) is 8.83 Å². The summed E-state index contributed by atoms with van der Waals surface area (Å²) in [6.45, 7) is 0.825. The van der Waals surface area contributed by atoms with Crippen LogP contribution in [-0.2, 0) is 24.3 Å². The smallest absolute Gasteiger partial charge is 0.223 e. The fraction of sp³-hybridized carbons (Fsp3) is 0.182. The molecule has 0 aliphatic rings. The number of para-hydroxylation sites is 1. The summed E-state index contributed by atoms with van der Waals surface area (Å²) < 4.78 is 12.6. The molecule has 0 atom stereocenters. The SMILES string of the molecule is O=C(CCc1cnn(-c2ccccc2)c1)N(Cc1ccco1)Cc1ccco1. The molecule has 0 spiro atoms. The minimum atomic E-state index is 0.0419. The van der Waals surface area contributed by atoms with E-state index in [1.807, 2.05) is 71.7 Å². The summed E-state index contributed by atoms with van der Waals surface area (Å²) in [6.07, 6.45) is 8.02. The maximum atomic E-state index is 12.9. The van der Waals surface area contributed by atoms with Crippen molar-refractivity contribution in [3.63, 3.8) is 0 Å². The summed E-state index contributed by atoms with van der Waals surface area (Å²) in [5.41, 5.74) is 2.02. The number of furan rings is 2. The third-order valence-corrected chi connectivity index (χ3v) is 4.49. The Kier molecular flexibility index (Phi) is 5.38. The Labute approximate surface area is 163 Å². The lowest BCUT2D eigenvalue weighted by atomic mass is 10.2. The van der Waals surface area contributed by atoms with E-state index in [0.717, 1.165) is 22.8 Å². The zero-order chi connectivity index (χ0) is 19.2. The van der Waals surface area contributed by atoms with Gasteiger partial charge in [-0.15, -0.1) is 0 Å². The van der Waals surface area contributed by atoms with E-state index in [-0.39, 0.29) is 5.91 Å². The van der Waals surface area contributed by atoms with Crippen molar-refractivity contribution in [1.82, 2.24) is 14.7 Å². The number of nitrogens with zero attached hydrogens (tertiary/aromatic N) is 3. The predicted octanol–water partition coefficient (Wildman–Crippen LogP) is 4.22. The van der Waals surface area contributed by atoms with Gasteiger partial charge in [0.2, 0.25) is 5.91 Å². The fourth-order valence-corrected chi connectivity index (χ4v) is 3.03. The lowest BCUT2D eigenvalue weighted by Gasteiger charge is -2.20. The Morgan fingerprint density at radius 2 is 1.61 bits per heavy atom. The van der Waals surface area contributed by atoms with Crippen LogP contribution in [0.3, 0.4) is 0 Å². The van der Waals surface area contributed by atoms with Crippen LogP contribution in [0.5, 0.6) is 0 Å². The van der Waals surface area contributed by atoms with Gasteiger partial charge in [0, 0.05) is 12.6 Å². The summed E-state index contributed by atoms with van der Waals surface area (Å²) in [7, 11) is 0. The number of carbonyl (C=O) groups is 1. The molecule has 1 amide bonds. The molecule has 142 valence electrons. The maximum Gasteiger partial charge on any atom is 0.223 e. The molecule has 1 aromatic carbocycles. The molecule has 0 aliphatic heterocycles. The number of rotatable bonds is 8. The van der Waals surface area contributed by atoms with Crippen molar-refractivity contribution in [2.24, 2.45) is 0 Å². The zero-order valence-corrected chi connectivity index (χ0v) is 15.4. The van der Waals surface area contributed by atoms with E-state index in [1.54, 1.807) is 17.4 Å². The molecule has 3 heterocycles. The van der Waals surface area contributed by atoms with E-state index in [1.165, 1.54) is 0 Å². The van der Waals surface area contributed by atoms with Crippen molar-refractivity contribution in [2.75, 3.05) is 0 Å². The average molecular weight is 375 g/mol. The maximum absolute atomic E-state index is 12.9. The number of aromatic nitrogens is 2. The number of hydrogen-bond acceptors (Lipinski definition) is 4. The van der Waals surface area contributed by atoms with Gasteiger partial charge in [-0.05, 0) is 48.4 Å². The van der Waals surface area contributed by atoms with E-state index in [0.29, 0.717) is 25.9 Å². The summed E-state index contributed by atoms with van der Waals surface area (Å²) in [4.78, 5) is 14.6. The van der Waals surface area contributed by atoms with Gasteiger partial charge in [0.05, 0.1) is 37.5 Å². The monoisotopic (exact) mass is 375 g/mol. The van der Waals surface area contributed by atoms with Gasteiger partial charge in [-0.25, -0.2) is 4.68 Å². The molecule has 6 heteroatoms. The van der Waals surface area contributed by atoms with Crippen LogP contribution in [0.2, 0.25) is 0 Å². The molecule has 4 rings (SSSR count). The quantitative estimate of drug-likeness (QED) is 0.462. The summed E-state index contributed by atoms with van der Waals surface area (Å²) in [5, 5.41) is 4.39. The largest absolute Gasteiger partial charge is 0.467 e. The minimum Gasteiger partial charge on any atom is -0.467 e. The van der Waals surface area contributed by atoms with E-state index >= 15 is 0 Å². The Morgan fingerprint density at radius 3 is 2.21 bits per heavy atom. The first-order valence-electron chi connectivity index (χ1n) is 9.19. The molecule has 0 saturated heterocycles. The summed E-state index contributed by atoms with van der Waals surface area (Å²) in [5.74, 6) is 1.54.